The Hall–Kier alpha value is -1.18. The number of alkyl halides is 1. The van der Waals surface area contributed by atoms with Gasteiger partial charge in [0.2, 0.25) is 5.91 Å². The molecule has 0 aliphatic rings. The molecule has 0 spiro atoms. The fraction of sp³-hybridized carbons (Fsp3) is 0.125. The van der Waals surface area contributed by atoms with Crippen LogP contribution in [0.3, 0.4) is 0 Å². The van der Waals surface area contributed by atoms with Crippen LogP contribution in [-0.2, 0) is 4.79 Å². The Kier molecular flexibility index (Phi) is 3.81. The molecule has 14 heavy (non-hydrogen) atoms. The van der Waals surface area contributed by atoms with Crippen LogP contribution in [0.25, 0.3) is 0 Å². The lowest BCUT2D eigenvalue weighted by Gasteiger charge is -2.02. The maximum atomic E-state index is 11.0. The van der Waals surface area contributed by atoms with Crippen LogP contribution in [0, 0.1) is 10.1 Å². The number of nitro benzene ring substituents is 1. The predicted molar refractivity (Wildman–Crippen MR) is 60.6 cm³/mol. The van der Waals surface area contributed by atoms with Crippen LogP contribution in [0.2, 0.25) is 0 Å². The summed E-state index contributed by atoms with van der Waals surface area (Å²) in [5.74, 6) is -0.250. The maximum absolute atomic E-state index is 11.0. The summed E-state index contributed by atoms with van der Waals surface area (Å²) in [4.78, 5) is 21.0. The molecule has 0 heterocycles. The van der Waals surface area contributed by atoms with Crippen molar-refractivity contribution in [2.24, 2.45) is 0 Å². The zero-order valence-electron chi connectivity index (χ0n) is 7.07. The molecule has 0 aliphatic heterocycles. The van der Waals surface area contributed by atoms with Gasteiger partial charge in [0.05, 0.1) is 9.35 Å². The summed E-state index contributed by atoms with van der Waals surface area (Å²) in [6.45, 7) is 0. The Bertz CT molecular complexity index is 367. The quantitative estimate of drug-likeness (QED) is 0.401. The van der Waals surface area contributed by atoms with Crippen LogP contribution < -0.4 is 5.32 Å². The van der Waals surface area contributed by atoms with Crippen molar-refractivity contribution >= 4 is 39.9 Å². The first-order valence-electron chi connectivity index (χ1n) is 3.74. The molecule has 0 saturated carbocycles. The Morgan fingerprint density at radius 2 is 2.14 bits per heavy atom. The first kappa shape index (κ1) is 10.9. The number of anilines is 1. The highest BCUT2D eigenvalue weighted by atomic mass is 127. The summed E-state index contributed by atoms with van der Waals surface area (Å²) >= 11 is 1.89. The average molecular weight is 306 g/mol. The smallest absolute Gasteiger partial charge is 0.292 e. The normalized spacial score (nSPS) is 9.50. The lowest BCUT2D eigenvalue weighted by molar-refractivity contribution is -0.383. The zero-order chi connectivity index (χ0) is 10.6. The Morgan fingerprint density at radius 1 is 1.50 bits per heavy atom. The van der Waals surface area contributed by atoms with E-state index in [1.807, 2.05) is 22.6 Å². The fourth-order valence-corrected chi connectivity index (χ4v) is 1.11. The number of hydrogen-bond acceptors (Lipinski definition) is 3. The molecule has 6 heteroatoms. The van der Waals surface area contributed by atoms with Crippen molar-refractivity contribution in [1.29, 1.82) is 0 Å². The van der Waals surface area contributed by atoms with Crippen molar-refractivity contribution < 1.29 is 9.72 Å². The van der Waals surface area contributed by atoms with Gasteiger partial charge >= 0.3 is 0 Å². The molecule has 0 atom stereocenters. The van der Waals surface area contributed by atoms with E-state index in [-0.39, 0.29) is 21.7 Å². The minimum absolute atomic E-state index is 0.0919. The Labute approximate surface area is 93.8 Å². The predicted octanol–water partition coefficient (Wildman–Crippen LogP) is 1.97. The third-order valence-electron chi connectivity index (χ3n) is 1.50. The number of amides is 1. The molecule has 0 aliphatic carbocycles. The summed E-state index contributed by atoms with van der Waals surface area (Å²) in [6, 6.07) is 6.04. The molecule has 1 aromatic rings. The zero-order valence-corrected chi connectivity index (χ0v) is 9.22. The number of hydrogen-bond donors (Lipinski definition) is 1. The molecule has 0 unspecified atom stereocenters. The second kappa shape index (κ2) is 4.89. The monoisotopic (exact) mass is 306 g/mol. The number of benzene rings is 1. The van der Waals surface area contributed by atoms with Crippen molar-refractivity contribution in [1.82, 2.24) is 0 Å². The van der Waals surface area contributed by atoms with E-state index >= 15 is 0 Å². The minimum atomic E-state index is -0.525. The number of carbonyl (C=O) groups excluding carboxylic acids is 1. The molecule has 0 fully saturated rings. The van der Waals surface area contributed by atoms with Gasteiger partial charge in [-0.25, -0.2) is 0 Å². The van der Waals surface area contributed by atoms with Gasteiger partial charge in [0.15, 0.2) is 0 Å². The third-order valence-corrected chi connectivity index (χ3v) is 2.19. The number of rotatable bonds is 3. The second-order valence-electron chi connectivity index (χ2n) is 2.46. The first-order chi connectivity index (χ1) is 6.65. The number of nitro groups is 1. The van der Waals surface area contributed by atoms with E-state index in [9.17, 15) is 14.9 Å². The molecule has 74 valence electrons. The fourth-order valence-electron chi connectivity index (χ4n) is 0.922. The number of halogens is 1. The van der Waals surface area contributed by atoms with Crippen LogP contribution in [0.15, 0.2) is 24.3 Å². The van der Waals surface area contributed by atoms with Crippen LogP contribution in [-0.4, -0.2) is 15.3 Å². The number of nitrogens with zero attached hydrogens (tertiary/aromatic N) is 1. The van der Waals surface area contributed by atoms with E-state index in [2.05, 4.69) is 5.32 Å². The lowest BCUT2D eigenvalue weighted by atomic mass is 10.2. The van der Waals surface area contributed by atoms with Crippen molar-refractivity contribution in [3.8, 4) is 0 Å². The van der Waals surface area contributed by atoms with Crippen molar-refractivity contribution in [3.63, 3.8) is 0 Å². The summed E-state index contributed by atoms with van der Waals surface area (Å²) in [5, 5.41) is 13.0. The van der Waals surface area contributed by atoms with Crippen LogP contribution in [0.1, 0.15) is 0 Å². The number of carbonyl (C=O) groups is 1. The van der Waals surface area contributed by atoms with Gasteiger partial charge in [0.1, 0.15) is 5.69 Å². The molecule has 1 N–H and O–H groups in total. The second-order valence-corrected chi connectivity index (χ2v) is 3.22. The Morgan fingerprint density at radius 3 is 2.71 bits per heavy atom. The van der Waals surface area contributed by atoms with E-state index < -0.39 is 4.92 Å². The Balaban J connectivity index is 2.95. The van der Waals surface area contributed by atoms with E-state index in [1.54, 1.807) is 12.1 Å². The molecule has 1 amide bonds. The van der Waals surface area contributed by atoms with E-state index in [0.29, 0.717) is 0 Å². The standard InChI is InChI=1S/C8H7IN2O3/c9-5-8(12)10-6-3-1-2-4-7(6)11(13)14/h1-4H,5H2,(H,10,12). The van der Waals surface area contributed by atoms with Gasteiger partial charge in [-0.1, -0.05) is 34.7 Å². The molecule has 0 aromatic heterocycles. The molecular weight excluding hydrogens is 299 g/mol. The minimum Gasteiger partial charge on any atom is -0.320 e. The highest BCUT2D eigenvalue weighted by Crippen LogP contribution is 2.22. The molecule has 5 nitrogen and oxygen atoms in total. The van der Waals surface area contributed by atoms with Crippen LogP contribution >= 0.6 is 22.6 Å². The van der Waals surface area contributed by atoms with Crippen molar-refractivity contribution in [3.05, 3.63) is 34.4 Å². The molecule has 1 rings (SSSR count). The molecule has 0 saturated heterocycles. The van der Waals surface area contributed by atoms with Gasteiger partial charge in [0.25, 0.3) is 5.69 Å². The summed E-state index contributed by atoms with van der Waals surface area (Å²) < 4.78 is 0.268. The van der Waals surface area contributed by atoms with Crippen LogP contribution in [0.5, 0.6) is 0 Å². The van der Waals surface area contributed by atoms with Crippen LogP contribution in [0.4, 0.5) is 11.4 Å². The van der Waals surface area contributed by atoms with Gasteiger partial charge in [-0.2, -0.15) is 0 Å². The largest absolute Gasteiger partial charge is 0.320 e. The first-order valence-corrected chi connectivity index (χ1v) is 5.27. The van der Waals surface area contributed by atoms with Crippen molar-refractivity contribution in [2.75, 3.05) is 9.74 Å². The highest BCUT2D eigenvalue weighted by molar-refractivity contribution is 14.1. The SMILES string of the molecule is O=C(CI)Nc1ccccc1[N+](=O)[O-]. The molecule has 0 radical (unpaired) electrons. The van der Waals surface area contributed by atoms with Crippen molar-refractivity contribution in [2.45, 2.75) is 0 Å². The summed E-state index contributed by atoms with van der Waals surface area (Å²) in [5.41, 5.74) is 0.143. The highest BCUT2D eigenvalue weighted by Gasteiger charge is 2.13. The summed E-state index contributed by atoms with van der Waals surface area (Å²) in [7, 11) is 0. The van der Waals surface area contributed by atoms with Gasteiger partial charge in [0, 0.05) is 6.07 Å². The summed E-state index contributed by atoms with van der Waals surface area (Å²) in [6.07, 6.45) is 0. The number of para-hydroxylation sites is 2. The molecule has 0 bridgehead atoms. The van der Waals surface area contributed by atoms with Gasteiger partial charge < -0.3 is 5.32 Å². The van der Waals surface area contributed by atoms with Gasteiger partial charge in [-0.15, -0.1) is 0 Å². The maximum Gasteiger partial charge on any atom is 0.292 e. The lowest BCUT2D eigenvalue weighted by Crippen LogP contribution is -2.13. The third kappa shape index (κ3) is 2.66. The van der Waals surface area contributed by atoms with Gasteiger partial charge in [-0.3, -0.25) is 14.9 Å². The number of nitrogens with one attached hydrogen (secondary N) is 1. The van der Waals surface area contributed by atoms with E-state index in [4.69, 9.17) is 0 Å². The topological polar surface area (TPSA) is 72.2 Å². The van der Waals surface area contributed by atoms with E-state index in [0.717, 1.165) is 0 Å². The average Bonchev–Trinajstić information content (AvgIpc) is 2.18. The van der Waals surface area contributed by atoms with E-state index in [1.165, 1.54) is 12.1 Å². The molecular formula is C8H7IN2O3. The van der Waals surface area contributed by atoms with Gasteiger partial charge in [-0.05, 0) is 6.07 Å². The molecule has 1 aromatic carbocycles.